The summed E-state index contributed by atoms with van der Waals surface area (Å²) in [5.74, 6) is 0. The maximum Gasteiger partial charge on any atom is 0.0325 e. The van der Waals surface area contributed by atoms with Crippen LogP contribution in [0.4, 0.5) is 0 Å². The molecule has 2 aliphatic rings. The summed E-state index contributed by atoms with van der Waals surface area (Å²) in [7, 11) is 0. The zero-order valence-electron chi connectivity index (χ0n) is 13.1. The molecule has 1 N–H and O–H groups in total. The third kappa shape index (κ3) is 2.64. The van der Waals surface area contributed by atoms with Crippen LogP contribution in [0.3, 0.4) is 0 Å². The standard InChI is InChI=1S/C18H28N2/c1-4-20(14(3)18-8-6-5-7-13(18)2)17-11-15-9-10-16(12-17)19-15/h5-8,14-17,19H,4,9-12H2,1-3H3. The van der Waals surface area contributed by atoms with Gasteiger partial charge in [-0.15, -0.1) is 0 Å². The Labute approximate surface area is 123 Å². The van der Waals surface area contributed by atoms with Gasteiger partial charge in [0.15, 0.2) is 0 Å². The fourth-order valence-corrected chi connectivity index (χ4v) is 4.38. The minimum Gasteiger partial charge on any atom is -0.311 e. The van der Waals surface area contributed by atoms with Gasteiger partial charge in [0.25, 0.3) is 0 Å². The smallest absolute Gasteiger partial charge is 0.0325 e. The maximum atomic E-state index is 3.76. The van der Waals surface area contributed by atoms with Crippen LogP contribution in [0.5, 0.6) is 0 Å². The van der Waals surface area contributed by atoms with Crippen LogP contribution in [0.15, 0.2) is 24.3 Å². The number of nitrogens with one attached hydrogen (secondary N) is 1. The Bertz CT molecular complexity index is 444. The van der Waals surface area contributed by atoms with Crippen LogP contribution >= 0.6 is 0 Å². The highest BCUT2D eigenvalue weighted by Gasteiger charge is 2.37. The van der Waals surface area contributed by atoms with Crippen molar-refractivity contribution in [1.82, 2.24) is 10.2 Å². The Morgan fingerprint density at radius 3 is 2.45 bits per heavy atom. The van der Waals surface area contributed by atoms with E-state index in [1.54, 1.807) is 0 Å². The van der Waals surface area contributed by atoms with Gasteiger partial charge in [-0.1, -0.05) is 31.2 Å². The van der Waals surface area contributed by atoms with Gasteiger partial charge in [-0.05, 0) is 57.2 Å². The molecule has 2 aliphatic heterocycles. The van der Waals surface area contributed by atoms with E-state index in [9.17, 15) is 0 Å². The molecule has 0 radical (unpaired) electrons. The van der Waals surface area contributed by atoms with Crippen molar-refractivity contribution < 1.29 is 0 Å². The summed E-state index contributed by atoms with van der Waals surface area (Å²) in [6, 6.07) is 11.7. The summed E-state index contributed by atoms with van der Waals surface area (Å²) < 4.78 is 0. The number of piperidine rings is 1. The van der Waals surface area contributed by atoms with Gasteiger partial charge in [-0.25, -0.2) is 0 Å². The Balaban J connectivity index is 1.77. The van der Waals surface area contributed by atoms with Crippen molar-refractivity contribution in [3.8, 4) is 0 Å². The summed E-state index contributed by atoms with van der Waals surface area (Å²) in [4.78, 5) is 2.73. The van der Waals surface area contributed by atoms with E-state index < -0.39 is 0 Å². The van der Waals surface area contributed by atoms with Gasteiger partial charge in [0.2, 0.25) is 0 Å². The average Bonchev–Trinajstić information content (AvgIpc) is 2.79. The van der Waals surface area contributed by atoms with Crippen LogP contribution in [0.2, 0.25) is 0 Å². The summed E-state index contributed by atoms with van der Waals surface area (Å²) in [5.41, 5.74) is 2.93. The number of hydrogen-bond donors (Lipinski definition) is 1. The lowest BCUT2D eigenvalue weighted by Gasteiger charge is -2.41. The fraction of sp³-hybridized carbons (Fsp3) is 0.667. The maximum absolute atomic E-state index is 3.76. The number of aryl methyl sites for hydroxylation is 1. The Morgan fingerprint density at radius 2 is 1.85 bits per heavy atom. The predicted molar refractivity (Wildman–Crippen MR) is 84.9 cm³/mol. The van der Waals surface area contributed by atoms with E-state index in [0.717, 1.165) is 24.7 Å². The molecular weight excluding hydrogens is 244 g/mol. The molecule has 2 bridgehead atoms. The highest BCUT2D eigenvalue weighted by atomic mass is 15.2. The first-order valence-electron chi connectivity index (χ1n) is 8.26. The minimum atomic E-state index is 0.531. The van der Waals surface area contributed by atoms with Gasteiger partial charge < -0.3 is 5.32 Å². The van der Waals surface area contributed by atoms with Gasteiger partial charge in [-0.2, -0.15) is 0 Å². The molecule has 3 unspecified atom stereocenters. The van der Waals surface area contributed by atoms with Crippen molar-refractivity contribution in [1.29, 1.82) is 0 Å². The topological polar surface area (TPSA) is 15.3 Å². The van der Waals surface area contributed by atoms with E-state index >= 15 is 0 Å². The molecular formula is C18H28N2. The Morgan fingerprint density at radius 1 is 1.20 bits per heavy atom. The molecule has 2 saturated heterocycles. The van der Waals surface area contributed by atoms with E-state index in [4.69, 9.17) is 0 Å². The monoisotopic (exact) mass is 272 g/mol. The van der Waals surface area contributed by atoms with E-state index in [1.165, 1.54) is 36.8 Å². The quantitative estimate of drug-likeness (QED) is 0.900. The Kier molecular flexibility index (Phi) is 4.13. The normalized spacial score (nSPS) is 30.7. The van der Waals surface area contributed by atoms with E-state index in [1.807, 2.05) is 0 Å². The molecule has 2 heteroatoms. The molecule has 0 saturated carbocycles. The second-order valence-corrected chi connectivity index (χ2v) is 6.63. The summed E-state index contributed by atoms with van der Waals surface area (Å²) >= 11 is 0. The molecule has 3 rings (SSSR count). The highest BCUT2D eigenvalue weighted by molar-refractivity contribution is 5.28. The zero-order chi connectivity index (χ0) is 14.1. The summed E-state index contributed by atoms with van der Waals surface area (Å²) in [5, 5.41) is 3.76. The number of rotatable bonds is 4. The molecule has 2 nitrogen and oxygen atoms in total. The SMILES string of the molecule is CCN(C1CC2CCC(C1)N2)C(C)c1ccccc1C. The van der Waals surface area contributed by atoms with Crippen LogP contribution in [-0.2, 0) is 0 Å². The largest absolute Gasteiger partial charge is 0.311 e. The van der Waals surface area contributed by atoms with Crippen molar-refractivity contribution in [2.45, 2.75) is 70.6 Å². The number of fused-ring (bicyclic) bond motifs is 2. The minimum absolute atomic E-state index is 0.531. The van der Waals surface area contributed by atoms with Gasteiger partial charge in [-0.3, -0.25) is 4.90 Å². The van der Waals surface area contributed by atoms with E-state index in [2.05, 4.69) is 55.3 Å². The van der Waals surface area contributed by atoms with Crippen molar-refractivity contribution >= 4 is 0 Å². The lowest BCUT2D eigenvalue weighted by Crippen LogP contribution is -2.48. The van der Waals surface area contributed by atoms with Crippen molar-refractivity contribution in [3.05, 3.63) is 35.4 Å². The molecule has 0 amide bonds. The Hall–Kier alpha value is -0.860. The first-order valence-corrected chi connectivity index (χ1v) is 8.26. The van der Waals surface area contributed by atoms with Gasteiger partial charge >= 0.3 is 0 Å². The molecule has 0 aromatic heterocycles. The molecule has 1 aromatic carbocycles. The van der Waals surface area contributed by atoms with Gasteiger partial charge in [0.1, 0.15) is 0 Å². The molecule has 110 valence electrons. The number of hydrogen-bond acceptors (Lipinski definition) is 2. The highest BCUT2D eigenvalue weighted by Crippen LogP contribution is 2.34. The number of nitrogens with zero attached hydrogens (tertiary/aromatic N) is 1. The third-order valence-electron chi connectivity index (χ3n) is 5.42. The number of benzene rings is 1. The molecule has 2 fully saturated rings. The van der Waals surface area contributed by atoms with Crippen LogP contribution in [0.25, 0.3) is 0 Å². The van der Waals surface area contributed by atoms with E-state index in [0.29, 0.717) is 6.04 Å². The van der Waals surface area contributed by atoms with Crippen LogP contribution < -0.4 is 5.32 Å². The first kappa shape index (κ1) is 14.1. The molecule has 1 aromatic rings. The fourth-order valence-electron chi connectivity index (χ4n) is 4.38. The van der Waals surface area contributed by atoms with Gasteiger partial charge in [0, 0.05) is 24.2 Å². The lowest BCUT2D eigenvalue weighted by molar-refractivity contribution is 0.107. The lowest BCUT2D eigenvalue weighted by atomic mass is 9.94. The van der Waals surface area contributed by atoms with Crippen LogP contribution in [0.1, 0.15) is 56.7 Å². The van der Waals surface area contributed by atoms with Gasteiger partial charge in [0.05, 0.1) is 0 Å². The molecule has 3 atom stereocenters. The predicted octanol–water partition coefficient (Wildman–Crippen LogP) is 3.66. The molecule has 0 spiro atoms. The summed E-state index contributed by atoms with van der Waals surface area (Å²) in [6.45, 7) is 8.10. The average molecular weight is 272 g/mol. The zero-order valence-corrected chi connectivity index (χ0v) is 13.1. The molecule has 2 heterocycles. The van der Waals surface area contributed by atoms with Crippen LogP contribution in [-0.4, -0.2) is 29.6 Å². The van der Waals surface area contributed by atoms with E-state index in [-0.39, 0.29) is 0 Å². The summed E-state index contributed by atoms with van der Waals surface area (Å²) in [6.07, 6.45) is 5.44. The van der Waals surface area contributed by atoms with Crippen LogP contribution in [0, 0.1) is 6.92 Å². The van der Waals surface area contributed by atoms with Crippen molar-refractivity contribution in [3.63, 3.8) is 0 Å². The van der Waals surface area contributed by atoms with Crippen molar-refractivity contribution in [2.75, 3.05) is 6.54 Å². The third-order valence-corrected chi connectivity index (χ3v) is 5.42. The molecule has 20 heavy (non-hydrogen) atoms. The first-order chi connectivity index (χ1) is 9.69. The second kappa shape index (κ2) is 5.87. The van der Waals surface area contributed by atoms with Crippen molar-refractivity contribution in [2.24, 2.45) is 0 Å². The second-order valence-electron chi connectivity index (χ2n) is 6.63. The molecule has 0 aliphatic carbocycles.